The third kappa shape index (κ3) is 1.14. The average Bonchev–Trinajstić information content (AvgIpc) is 2.38. The molecule has 0 atom stereocenters. The van der Waals surface area contributed by atoms with Crippen LogP contribution in [0.5, 0.6) is 0 Å². The minimum absolute atomic E-state index is 1.07. The molecule has 0 saturated carbocycles. The van der Waals surface area contributed by atoms with E-state index in [1.807, 2.05) is 6.20 Å². The van der Waals surface area contributed by atoms with Crippen molar-refractivity contribution >= 4 is 12.2 Å². The van der Waals surface area contributed by atoms with Crippen molar-refractivity contribution in [2.24, 2.45) is 0 Å². The van der Waals surface area contributed by atoms with Gasteiger partial charge in [0.25, 0.3) is 0 Å². The first-order valence-corrected chi connectivity index (χ1v) is 3.87. The zero-order valence-electron chi connectivity index (χ0n) is 6.59. The second-order valence-corrected chi connectivity index (χ2v) is 2.93. The van der Waals surface area contributed by atoms with Crippen molar-refractivity contribution in [3.63, 3.8) is 0 Å². The summed E-state index contributed by atoms with van der Waals surface area (Å²) < 4.78 is 0. The van der Waals surface area contributed by atoms with Crippen LogP contribution in [-0.2, 0) is 0 Å². The second-order valence-electron chi connectivity index (χ2n) is 2.93. The molecular formula is C10H11N. The van der Waals surface area contributed by atoms with E-state index in [-0.39, 0.29) is 0 Å². The van der Waals surface area contributed by atoms with E-state index in [2.05, 4.69) is 36.2 Å². The van der Waals surface area contributed by atoms with Gasteiger partial charge in [0, 0.05) is 11.5 Å². The molecule has 0 aromatic carbocycles. The highest BCUT2D eigenvalue weighted by atomic mass is 14.6. The van der Waals surface area contributed by atoms with Gasteiger partial charge in [0.05, 0.1) is 0 Å². The van der Waals surface area contributed by atoms with Gasteiger partial charge < -0.3 is 4.98 Å². The zero-order valence-corrected chi connectivity index (χ0v) is 6.59. The van der Waals surface area contributed by atoms with Crippen LogP contribution in [-0.4, -0.2) is 4.98 Å². The number of nitrogens with one attached hydrogen (secondary N) is 1. The van der Waals surface area contributed by atoms with Crippen LogP contribution in [0.25, 0.3) is 12.2 Å². The Hall–Kier alpha value is -1.24. The van der Waals surface area contributed by atoms with E-state index in [0.29, 0.717) is 0 Å². The van der Waals surface area contributed by atoms with Crippen molar-refractivity contribution in [3.8, 4) is 0 Å². The third-order valence-corrected chi connectivity index (χ3v) is 1.99. The molecule has 1 N–H and O–H groups in total. The second kappa shape index (κ2) is 2.42. The van der Waals surface area contributed by atoms with Crippen molar-refractivity contribution < 1.29 is 0 Å². The number of allylic oxidation sites excluding steroid dienone is 2. The van der Waals surface area contributed by atoms with E-state index >= 15 is 0 Å². The lowest BCUT2D eigenvalue weighted by atomic mass is 10.2. The predicted molar refractivity (Wildman–Crippen MR) is 47.3 cm³/mol. The van der Waals surface area contributed by atoms with Gasteiger partial charge in [-0.3, -0.25) is 0 Å². The fraction of sp³-hybridized carbons (Fsp3) is 0.200. The molecular weight excluding hydrogens is 134 g/mol. The monoisotopic (exact) mass is 145 g/mol. The standard InChI is InChI=1S/C10H11N/c1-8-2-4-9-6-7-11-10(9)5-3-8/h3-7,11H,2H2,1H3. The van der Waals surface area contributed by atoms with Crippen LogP contribution < -0.4 is 10.6 Å². The Balaban J connectivity index is 2.71. The van der Waals surface area contributed by atoms with Crippen LogP contribution in [0.1, 0.15) is 13.3 Å². The molecule has 1 aliphatic carbocycles. The zero-order chi connectivity index (χ0) is 7.68. The van der Waals surface area contributed by atoms with Crippen LogP contribution in [0.15, 0.2) is 23.9 Å². The van der Waals surface area contributed by atoms with Crippen molar-refractivity contribution in [2.75, 3.05) is 0 Å². The third-order valence-electron chi connectivity index (χ3n) is 1.99. The number of aromatic amines is 1. The van der Waals surface area contributed by atoms with Crippen molar-refractivity contribution in [2.45, 2.75) is 13.3 Å². The molecule has 0 amide bonds. The minimum Gasteiger partial charge on any atom is -0.361 e. The fourth-order valence-corrected chi connectivity index (χ4v) is 1.28. The molecule has 0 fully saturated rings. The van der Waals surface area contributed by atoms with E-state index in [1.54, 1.807) is 0 Å². The maximum absolute atomic E-state index is 3.19. The van der Waals surface area contributed by atoms with Gasteiger partial charge in [0.15, 0.2) is 0 Å². The number of fused-ring (bicyclic) bond motifs is 1. The largest absolute Gasteiger partial charge is 0.361 e. The molecule has 2 rings (SSSR count). The molecule has 1 aliphatic rings. The van der Waals surface area contributed by atoms with Crippen LogP contribution in [0, 0.1) is 0 Å². The van der Waals surface area contributed by atoms with E-state index < -0.39 is 0 Å². The summed E-state index contributed by atoms with van der Waals surface area (Å²) in [5.74, 6) is 0. The molecule has 0 unspecified atom stereocenters. The summed E-state index contributed by atoms with van der Waals surface area (Å²) in [6, 6.07) is 2.11. The van der Waals surface area contributed by atoms with Crippen molar-refractivity contribution in [1.82, 2.24) is 4.98 Å². The molecule has 1 heteroatoms. The Morgan fingerprint density at radius 2 is 2.27 bits per heavy atom. The molecule has 0 aliphatic heterocycles. The molecule has 1 aromatic rings. The molecule has 1 heterocycles. The number of hydrogen-bond acceptors (Lipinski definition) is 0. The molecule has 0 saturated heterocycles. The predicted octanol–water partition coefficient (Wildman–Crippen LogP) is 0.926. The van der Waals surface area contributed by atoms with Gasteiger partial charge >= 0.3 is 0 Å². The SMILES string of the molecule is CC1=CC=c2[nH]ccc2=CC1. The van der Waals surface area contributed by atoms with Gasteiger partial charge in [-0.05, 0) is 30.7 Å². The summed E-state index contributed by atoms with van der Waals surface area (Å²) in [4.78, 5) is 3.19. The normalized spacial score (nSPS) is 15.5. The van der Waals surface area contributed by atoms with Gasteiger partial charge in [-0.1, -0.05) is 17.7 Å². The number of rotatable bonds is 0. The van der Waals surface area contributed by atoms with Crippen LogP contribution in [0.3, 0.4) is 0 Å². The lowest BCUT2D eigenvalue weighted by molar-refractivity contribution is 1.27. The quantitative estimate of drug-likeness (QED) is 0.559. The molecule has 56 valence electrons. The van der Waals surface area contributed by atoms with E-state index in [0.717, 1.165) is 6.42 Å². The smallest absolute Gasteiger partial charge is 0.0450 e. The van der Waals surface area contributed by atoms with Crippen LogP contribution in [0.4, 0.5) is 0 Å². The topological polar surface area (TPSA) is 15.8 Å². The first-order valence-electron chi connectivity index (χ1n) is 3.87. The maximum atomic E-state index is 3.19. The highest BCUT2D eigenvalue weighted by Gasteiger charge is 1.91. The van der Waals surface area contributed by atoms with Crippen molar-refractivity contribution in [3.05, 3.63) is 34.5 Å². The Morgan fingerprint density at radius 3 is 3.18 bits per heavy atom. The highest BCUT2D eigenvalue weighted by molar-refractivity contribution is 5.45. The van der Waals surface area contributed by atoms with Gasteiger partial charge in [-0.2, -0.15) is 0 Å². The van der Waals surface area contributed by atoms with Gasteiger partial charge in [0.2, 0.25) is 0 Å². The van der Waals surface area contributed by atoms with Gasteiger partial charge in [-0.25, -0.2) is 0 Å². The number of hydrogen-bond donors (Lipinski definition) is 1. The molecule has 0 spiro atoms. The summed E-state index contributed by atoms with van der Waals surface area (Å²) in [5.41, 5.74) is 1.41. The molecule has 11 heavy (non-hydrogen) atoms. The first-order chi connectivity index (χ1) is 5.36. The van der Waals surface area contributed by atoms with E-state index in [4.69, 9.17) is 0 Å². The summed E-state index contributed by atoms with van der Waals surface area (Å²) in [6.07, 6.45) is 9.60. The Labute approximate surface area is 65.8 Å². The van der Waals surface area contributed by atoms with Crippen molar-refractivity contribution in [1.29, 1.82) is 0 Å². The van der Waals surface area contributed by atoms with Gasteiger partial charge in [0.1, 0.15) is 0 Å². The summed E-state index contributed by atoms with van der Waals surface area (Å²) >= 11 is 0. The fourth-order valence-electron chi connectivity index (χ4n) is 1.28. The molecule has 1 nitrogen and oxygen atoms in total. The van der Waals surface area contributed by atoms with E-state index in [1.165, 1.54) is 16.1 Å². The molecule has 0 bridgehead atoms. The Bertz CT molecular complexity index is 393. The van der Waals surface area contributed by atoms with E-state index in [9.17, 15) is 0 Å². The van der Waals surface area contributed by atoms with Crippen LogP contribution >= 0.6 is 0 Å². The Kier molecular flexibility index (Phi) is 1.42. The average molecular weight is 145 g/mol. The lowest BCUT2D eigenvalue weighted by Gasteiger charge is -1.87. The van der Waals surface area contributed by atoms with Crippen LogP contribution in [0.2, 0.25) is 0 Å². The maximum Gasteiger partial charge on any atom is 0.0450 e. The number of aromatic nitrogens is 1. The highest BCUT2D eigenvalue weighted by Crippen LogP contribution is 2.01. The first kappa shape index (κ1) is 6.47. The molecule has 1 aromatic heterocycles. The number of H-pyrrole nitrogens is 1. The minimum atomic E-state index is 1.07. The lowest BCUT2D eigenvalue weighted by Crippen LogP contribution is -2.20. The summed E-state index contributed by atoms with van der Waals surface area (Å²) in [7, 11) is 0. The summed E-state index contributed by atoms with van der Waals surface area (Å²) in [5, 5.41) is 2.54. The van der Waals surface area contributed by atoms with Gasteiger partial charge in [-0.15, -0.1) is 0 Å². The molecule has 0 radical (unpaired) electrons. The summed E-state index contributed by atoms with van der Waals surface area (Å²) in [6.45, 7) is 2.15. The Morgan fingerprint density at radius 1 is 1.36 bits per heavy atom.